The second-order valence-electron chi connectivity index (χ2n) is 3.18. The Hall–Kier alpha value is -1.67. The molecule has 0 heterocycles. The van der Waals surface area contributed by atoms with Crippen LogP contribution in [0, 0.1) is 0 Å². The molecule has 78 valence electrons. The molecule has 0 aliphatic rings. The van der Waals surface area contributed by atoms with Crippen LogP contribution in [-0.4, -0.2) is 5.11 Å². The number of hydrogen-bond donors (Lipinski definition) is 2. The molecule has 0 saturated heterocycles. The van der Waals surface area contributed by atoms with Crippen molar-refractivity contribution in [3.05, 3.63) is 48.5 Å². The van der Waals surface area contributed by atoms with Gasteiger partial charge < -0.3 is 10.8 Å². The van der Waals surface area contributed by atoms with Crippen LogP contribution in [0.25, 0.3) is 11.1 Å². The molecule has 0 fully saturated rings. The number of halogens is 1. The van der Waals surface area contributed by atoms with E-state index in [4.69, 9.17) is 5.73 Å². The third kappa shape index (κ3) is 2.64. The normalized spacial score (nSPS) is 9.33. The number of hydrogen-bond acceptors (Lipinski definition) is 2. The molecule has 0 spiro atoms. The summed E-state index contributed by atoms with van der Waals surface area (Å²) in [6.07, 6.45) is 0. The van der Waals surface area contributed by atoms with E-state index >= 15 is 0 Å². The monoisotopic (exact) mass is 221 g/mol. The Morgan fingerprint density at radius 2 is 1.47 bits per heavy atom. The number of nitrogen functional groups attached to an aromatic ring is 1. The number of anilines is 1. The zero-order valence-electron chi connectivity index (χ0n) is 8.05. The zero-order chi connectivity index (χ0) is 9.97. The summed E-state index contributed by atoms with van der Waals surface area (Å²) >= 11 is 0. The van der Waals surface area contributed by atoms with Crippen LogP contribution in [0.5, 0.6) is 5.75 Å². The van der Waals surface area contributed by atoms with Crippen LogP contribution in [0.2, 0.25) is 0 Å². The summed E-state index contributed by atoms with van der Waals surface area (Å²) in [4.78, 5) is 0. The molecule has 0 atom stereocenters. The molecule has 0 radical (unpaired) electrons. The van der Waals surface area contributed by atoms with Gasteiger partial charge in [-0.25, -0.2) is 0 Å². The highest BCUT2D eigenvalue weighted by molar-refractivity contribution is 5.85. The summed E-state index contributed by atoms with van der Waals surface area (Å²) in [5, 5.41) is 9.31. The van der Waals surface area contributed by atoms with Crippen LogP contribution < -0.4 is 5.73 Å². The summed E-state index contributed by atoms with van der Waals surface area (Å²) in [6, 6.07) is 14.7. The van der Waals surface area contributed by atoms with Crippen molar-refractivity contribution in [2.75, 3.05) is 5.73 Å². The number of nitrogens with two attached hydrogens (primary N) is 1. The summed E-state index contributed by atoms with van der Waals surface area (Å²) in [7, 11) is 0. The lowest BCUT2D eigenvalue weighted by Gasteiger charge is -2.02. The van der Waals surface area contributed by atoms with E-state index in [1.165, 1.54) is 0 Å². The Bertz CT molecular complexity index is 413. The quantitative estimate of drug-likeness (QED) is 0.727. The van der Waals surface area contributed by atoms with Crippen molar-refractivity contribution in [3.8, 4) is 16.9 Å². The Balaban J connectivity index is 0.00000112. The third-order valence-corrected chi connectivity index (χ3v) is 2.07. The molecule has 2 nitrogen and oxygen atoms in total. The molecule has 15 heavy (non-hydrogen) atoms. The minimum absolute atomic E-state index is 0. The highest BCUT2D eigenvalue weighted by atomic mass is 35.5. The van der Waals surface area contributed by atoms with Crippen LogP contribution in [0.3, 0.4) is 0 Å². The second kappa shape index (κ2) is 4.71. The van der Waals surface area contributed by atoms with E-state index in [2.05, 4.69) is 0 Å². The average molecular weight is 222 g/mol. The molecular weight excluding hydrogens is 210 g/mol. The van der Waals surface area contributed by atoms with Crippen molar-refractivity contribution in [3.63, 3.8) is 0 Å². The fourth-order valence-corrected chi connectivity index (χ4v) is 1.40. The number of aromatic hydroxyl groups is 1. The van der Waals surface area contributed by atoms with Gasteiger partial charge in [-0.05, 0) is 35.4 Å². The SMILES string of the molecule is Cl.Nc1cccc(-c2cccc(O)c2)c1. The molecular formula is C12H12ClNO. The molecule has 3 N–H and O–H groups in total. The van der Waals surface area contributed by atoms with E-state index in [1.807, 2.05) is 36.4 Å². The molecule has 0 unspecified atom stereocenters. The molecule has 0 aliphatic heterocycles. The van der Waals surface area contributed by atoms with E-state index in [0.717, 1.165) is 16.8 Å². The van der Waals surface area contributed by atoms with E-state index in [0.29, 0.717) is 0 Å². The number of phenolic OH excluding ortho intramolecular Hbond substituents is 1. The maximum atomic E-state index is 9.31. The van der Waals surface area contributed by atoms with Gasteiger partial charge >= 0.3 is 0 Å². The summed E-state index contributed by atoms with van der Waals surface area (Å²) in [6.45, 7) is 0. The fourth-order valence-electron chi connectivity index (χ4n) is 1.40. The maximum absolute atomic E-state index is 9.31. The summed E-state index contributed by atoms with van der Waals surface area (Å²) in [5.41, 5.74) is 8.38. The Kier molecular flexibility index (Phi) is 3.58. The van der Waals surface area contributed by atoms with Gasteiger partial charge in [0.25, 0.3) is 0 Å². The predicted molar refractivity (Wildman–Crippen MR) is 65.2 cm³/mol. The van der Waals surface area contributed by atoms with Gasteiger partial charge in [-0.1, -0.05) is 24.3 Å². The van der Waals surface area contributed by atoms with Crippen molar-refractivity contribution in [1.29, 1.82) is 0 Å². The van der Waals surface area contributed by atoms with E-state index in [1.54, 1.807) is 12.1 Å². The van der Waals surface area contributed by atoms with Gasteiger partial charge in [0.1, 0.15) is 5.75 Å². The van der Waals surface area contributed by atoms with E-state index in [9.17, 15) is 5.11 Å². The van der Waals surface area contributed by atoms with Gasteiger partial charge in [0.2, 0.25) is 0 Å². The summed E-state index contributed by atoms with van der Waals surface area (Å²) in [5.74, 6) is 0.268. The molecule has 0 saturated carbocycles. The molecule has 2 rings (SSSR count). The van der Waals surface area contributed by atoms with E-state index in [-0.39, 0.29) is 18.2 Å². The smallest absolute Gasteiger partial charge is 0.116 e. The Morgan fingerprint density at radius 1 is 0.867 bits per heavy atom. The first-order valence-corrected chi connectivity index (χ1v) is 4.41. The first-order chi connectivity index (χ1) is 6.75. The summed E-state index contributed by atoms with van der Waals surface area (Å²) < 4.78 is 0. The van der Waals surface area contributed by atoms with Crippen molar-refractivity contribution in [2.45, 2.75) is 0 Å². The molecule has 0 aliphatic carbocycles. The van der Waals surface area contributed by atoms with Gasteiger partial charge in [-0.3, -0.25) is 0 Å². The van der Waals surface area contributed by atoms with Crippen molar-refractivity contribution in [1.82, 2.24) is 0 Å². The lowest BCUT2D eigenvalue weighted by Crippen LogP contribution is -1.84. The Labute approximate surface area is 94.8 Å². The molecule has 0 aromatic heterocycles. The Morgan fingerprint density at radius 3 is 2.07 bits per heavy atom. The van der Waals surface area contributed by atoms with Gasteiger partial charge in [-0.2, -0.15) is 0 Å². The minimum atomic E-state index is 0. The van der Waals surface area contributed by atoms with Crippen LogP contribution in [0.15, 0.2) is 48.5 Å². The number of benzene rings is 2. The van der Waals surface area contributed by atoms with Gasteiger partial charge in [0, 0.05) is 5.69 Å². The molecule has 0 bridgehead atoms. The van der Waals surface area contributed by atoms with Gasteiger partial charge in [-0.15, -0.1) is 12.4 Å². The number of rotatable bonds is 1. The van der Waals surface area contributed by atoms with E-state index < -0.39 is 0 Å². The van der Waals surface area contributed by atoms with Crippen molar-refractivity contribution >= 4 is 18.1 Å². The molecule has 2 aromatic rings. The zero-order valence-corrected chi connectivity index (χ0v) is 8.87. The van der Waals surface area contributed by atoms with Crippen LogP contribution in [0.1, 0.15) is 0 Å². The largest absolute Gasteiger partial charge is 0.508 e. The first kappa shape index (κ1) is 11.4. The lowest BCUT2D eigenvalue weighted by atomic mass is 10.1. The molecule has 3 heteroatoms. The van der Waals surface area contributed by atoms with Crippen molar-refractivity contribution in [2.24, 2.45) is 0 Å². The second-order valence-corrected chi connectivity index (χ2v) is 3.18. The lowest BCUT2D eigenvalue weighted by molar-refractivity contribution is 0.475. The topological polar surface area (TPSA) is 46.2 Å². The van der Waals surface area contributed by atoms with Crippen molar-refractivity contribution < 1.29 is 5.11 Å². The highest BCUT2D eigenvalue weighted by Crippen LogP contribution is 2.24. The number of phenols is 1. The van der Waals surface area contributed by atoms with Crippen LogP contribution in [0.4, 0.5) is 5.69 Å². The third-order valence-electron chi connectivity index (χ3n) is 2.07. The fraction of sp³-hybridized carbons (Fsp3) is 0. The predicted octanol–water partition coefficient (Wildman–Crippen LogP) is 3.06. The average Bonchev–Trinajstić information content (AvgIpc) is 2.18. The first-order valence-electron chi connectivity index (χ1n) is 4.41. The van der Waals surface area contributed by atoms with Crippen LogP contribution in [-0.2, 0) is 0 Å². The van der Waals surface area contributed by atoms with Crippen LogP contribution >= 0.6 is 12.4 Å². The van der Waals surface area contributed by atoms with Gasteiger partial charge in [0.15, 0.2) is 0 Å². The molecule has 0 amide bonds. The maximum Gasteiger partial charge on any atom is 0.116 e. The standard InChI is InChI=1S/C12H11NO.ClH/c13-11-5-1-3-9(7-11)10-4-2-6-12(14)8-10;/h1-8,14H,13H2;1H. The van der Waals surface area contributed by atoms with Gasteiger partial charge in [0.05, 0.1) is 0 Å². The molecule has 2 aromatic carbocycles. The highest BCUT2D eigenvalue weighted by Gasteiger charge is 1.98. The minimum Gasteiger partial charge on any atom is -0.508 e.